The van der Waals surface area contributed by atoms with Crippen LogP contribution < -0.4 is 16.4 Å². The number of nitrogens with two attached hydrogens (primary N) is 1. The molecule has 0 atom stereocenters. The number of hydrogen-bond donors (Lipinski definition) is 4. The number of carbonyl (C=O) groups excluding carboxylic acids is 2. The predicted molar refractivity (Wildman–Crippen MR) is 68.5 cm³/mol. The average molecular weight is 265 g/mol. The lowest BCUT2D eigenvalue weighted by molar-refractivity contribution is -0.136. The third-order valence-electron chi connectivity index (χ3n) is 2.22. The van der Waals surface area contributed by atoms with Crippen LogP contribution in [-0.4, -0.2) is 36.0 Å². The van der Waals surface area contributed by atoms with E-state index in [1.165, 1.54) is 0 Å². The van der Waals surface area contributed by atoms with Gasteiger partial charge in [0, 0.05) is 5.69 Å². The fraction of sp³-hybridized carbons (Fsp3) is 0.250. The van der Waals surface area contributed by atoms with Crippen LogP contribution in [0.1, 0.15) is 5.56 Å². The molecule has 102 valence electrons. The van der Waals surface area contributed by atoms with Crippen LogP contribution in [0, 0.1) is 0 Å². The molecule has 0 aliphatic rings. The Bertz CT molecular complexity index is 470. The van der Waals surface area contributed by atoms with E-state index in [0.717, 1.165) is 0 Å². The summed E-state index contributed by atoms with van der Waals surface area (Å²) in [4.78, 5) is 32.8. The third kappa shape index (κ3) is 5.64. The van der Waals surface area contributed by atoms with Gasteiger partial charge in [-0.05, 0) is 17.7 Å². The minimum atomic E-state index is -0.915. The van der Waals surface area contributed by atoms with Gasteiger partial charge >= 0.3 is 5.97 Å². The van der Waals surface area contributed by atoms with Gasteiger partial charge in [0.05, 0.1) is 19.5 Å². The van der Waals surface area contributed by atoms with Crippen molar-refractivity contribution >= 4 is 23.5 Å². The molecule has 5 N–H and O–H groups in total. The van der Waals surface area contributed by atoms with Crippen molar-refractivity contribution in [1.82, 2.24) is 5.32 Å². The van der Waals surface area contributed by atoms with Gasteiger partial charge in [0.15, 0.2) is 0 Å². The van der Waals surface area contributed by atoms with Gasteiger partial charge in [-0.15, -0.1) is 0 Å². The van der Waals surface area contributed by atoms with Gasteiger partial charge in [-0.3, -0.25) is 14.4 Å². The zero-order valence-electron chi connectivity index (χ0n) is 10.2. The van der Waals surface area contributed by atoms with E-state index in [9.17, 15) is 14.4 Å². The van der Waals surface area contributed by atoms with Crippen LogP contribution in [0.15, 0.2) is 24.3 Å². The first kappa shape index (κ1) is 14.7. The number of nitrogens with one attached hydrogen (secondary N) is 2. The molecule has 0 saturated carbocycles. The van der Waals surface area contributed by atoms with Crippen molar-refractivity contribution < 1.29 is 19.5 Å². The number of benzene rings is 1. The monoisotopic (exact) mass is 265 g/mol. The minimum Gasteiger partial charge on any atom is -0.481 e. The standard InChI is InChI=1S/C12H15N3O4/c13-6-10(16)14-7-11(17)15-9-3-1-8(2-4-9)5-12(18)19/h1-4H,5-7,13H2,(H,14,16)(H,15,17)(H,18,19). The largest absolute Gasteiger partial charge is 0.481 e. The highest BCUT2D eigenvalue weighted by atomic mass is 16.4. The Balaban J connectivity index is 2.46. The summed E-state index contributed by atoms with van der Waals surface area (Å²) >= 11 is 0. The first-order valence-electron chi connectivity index (χ1n) is 5.58. The summed E-state index contributed by atoms with van der Waals surface area (Å²) in [5, 5.41) is 13.5. The first-order valence-corrected chi connectivity index (χ1v) is 5.58. The Hall–Kier alpha value is -2.41. The van der Waals surface area contributed by atoms with E-state index >= 15 is 0 Å². The van der Waals surface area contributed by atoms with Crippen LogP contribution in [0.5, 0.6) is 0 Å². The molecule has 0 unspecified atom stereocenters. The van der Waals surface area contributed by atoms with E-state index in [0.29, 0.717) is 11.3 Å². The number of carboxylic acid groups (broad SMARTS) is 1. The van der Waals surface area contributed by atoms with E-state index in [1.54, 1.807) is 24.3 Å². The van der Waals surface area contributed by atoms with E-state index < -0.39 is 11.9 Å². The summed E-state index contributed by atoms with van der Waals surface area (Å²) in [5.74, 6) is -1.71. The quantitative estimate of drug-likeness (QED) is 0.543. The van der Waals surface area contributed by atoms with E-state index in [-0.39, 0.29) is 25.4 Å². The van der Waals surface area contributed by atoms with Crippen LogP contribution in [0.2, 0.25) is 0 Å². The maximum Gasteiger partial charge on any atom is 0.307 e. The summed E-state index contributed by atoms with van der Waals surface area (Å²) in [6, 6.07) is 6.42. The van der Waals surface area contributed by atoms with Gasteiger partial charge in [-0.1, -0.05) is 12.1 Å². The zero-order chi connectivity index (χ0) is 14.3. The summed E-state index contributed by atoms with van der Waals surface area (Å²) in [6.45, 7) is -0.329. The molecule has 0 bridgehead atoms. The normalized spacial score (nSPS) is 9.74. The minimum absolute atomic E-state index is 0.0687. The summed E-state index contributed by atoms with van der Waals surface area (Å²) in [6.07, 6.45) is -0.0687. The van der Waals surface area contributed by atoms with Crippen LogP contribution >= 0.6 is 0 Å². The molecule has 0 aromatic heterocycles. The van der Waals surface area contributed by atoms with Gasteiger partial charge in [0.25, 0.3) is 0 Å². The van der Waals surface area contributed by atoms with Gasteiger partial charge in [-0.25, -0.2) is 0 Å². The molecule has 0 aliphatic carbocycles. The molecular weight excluding hydrogens is 250 g/mol. The summed E-state index contributed by atoms with van der Waals surface area (Å²) in [7, 11) is 0. The van der Waals surface area contributed by atoms with Crippen molar-refractivity contribution in [3.63, 3.8) is 0 Å². The SMILES string of the molecule is NCC(=O)NCC(=O)Nc1ccc(CC(=O)O)cc1. The topological polar surface area (TPSA) is 122 Å². The number of aliphatic carboxylic acids is 1. The molecule has 0 spiro atoms. The zero-order valence-corrected chi connectivity index (χ0v) is 10.2. The first-order chi connectivity index (χ1) is 9.01. The lowest BCUT2D eigenvalue weighted by Gasteiger charge is -2.06. The third-order valence-corrected chi connectivity index (χ3v) is 2.22. The second kappa shape index (κ2) is 7.12. The van der Waals surface area contributed by atoms with E-state index in [2.05, 4.69) is 10.6 Å². The van der Waals surface area contributed by atoms with Crippen molar-refractivity contribution in [2.75, 3.05) is 18.4 Å². The Kier molecular flexibility index (Phi) is 5.49. The highest BCUT2D eigenvalue weighted by Gasteiger charge is 2.05. The van der Waals surface area contributed by atoms with Gasteiger partial charge in [0.1, 0.15) is 0 Å². The fourth-order valence-corrected chi connectivity index (χ4v) is 1.34. The van der Waals surface area contributed by atoms with Gasteiger partial charge < -0.3 is 21.5 Å². The fourth-order valence-electron chi connectivity index (χ4n) is 1.34. The van der Waals surface area contributed by atoms with E-state index in [1.807, 2.05) is 0 Å². The number of amides is 2. The lowest BCUT2D eigenvalue weighted by Crippen LogP contribution is -2.36. The Morgan fingerprint density at radius 1 is 1.11 bits per heavy atom. The smallest absolute Gasteiger partial charge is 0.307 e. The van der Waals surface area contributed by atoms with Crippen LogP contribution in [0.25, 0.3) is 0 Å². The molecule has 19 heavy (non-hydrogen) atoms. The number of rotatable bonds is 6. The molecule has 1 aromatic rings. The molecular formula is C12H15N3O4. The van der Waals surface area contributed by atoms with Crippen molar-refractivity contribution in [2.45, 2.75) is 6.42 Å². The Morgan fingerprint density at radius 2 is 1.74 bits per heavy atom. The van der Waals surface area contributed by atoms with Crippen LogP contribution in [0.3, 0.4) is 0 Å². The molecule has 0 fully saturated rings. The van der Waals surface area contributed by atoms with E-state index in [4.69, 9.17) is 10.8 Å². The van der Waals surface area contributed by atoms with Crippen LogP contribution in [0.4, 0.5) is 5.69 Å². The molecule has 1 aromatic carbocycles. The van der Waals surface area contributed by atoms with Crippen molar-refractivity contribution in [2.24, 2.45) is 5.73 Å². The van der Waals surface area contributed by atoms with Gasteiger partial charge in [-0.2, -0.15) is 0 Å². The maximum atomic E-state index is 11.4. The number of anilines is 1. The van der Waals surface area contributed by atoms with Crippen molar-refractivity contribution in [1.29, 1.82) is 0 Å². The maximum absolute atomic E-state index is 11.4. The second-order valence-corrected chi connectivity index (χ2v) is 3.80. The van der Waals surface area contributed by atoms with Crippen molar-refractivity contribution in [3.05, 3.63) is 29.8 Å². The second-order valence-electron chi connectivity index (χ2n) is 3.80. The molecule has 0 heterocycles. The predicted octanol–water partition coefficient (Wildman–Crippen LogP) is -0.673. The molecule has 0 saturated heterocycles. The number of carbonyl (C=O) groups is 3. The van der Waals surface area contributed by atoms with Gasteiger partial charge in [0.2, 0.25) is 11.8 Å². The molecule has 7 nitrogen and oxygen atoms in total. The number of carboxylic acids is 1. The lowest BCUT2D eigenvalue weighted by atomic mass is 10.1. The highest BCUT2D eigenvalue weighted by molar-refractivity contribution is 5.94. The molecule has 0 radical (unpaired) electrons. The highest BCUT2D eigenvalue weighted by Crippen LogP contribution is 2.09. The Morgan fingerprint density at radius 3 is 2.26 bits per heavy atom. The van der Waals surface area contributed by atoms with Crippen molar-refractivity contribution in [3.8, 4) is 0 Å². The van der Waals surface area contributed by atoms with Crippen LogP contribution in [-0.2, 0) is 20.8 Å². The summed E-state index contributed by atoms with van der Waals surface area (Å²) < 4.78 is 0. The molecule has 2 amide bonds. The number of hydrogen-bond acceptors (Lipinski definition) is 4. The average Bonchev–Trinajstić information content (AvgIpc) is 2.37. The Labute approximate surface area is 109 Å². The summed E-state index contributed by atoms with van der Waals surface area (Å²) in [5.41, 5.74) is 6.25. The molecule has 0 aliphatic heterocycles. The molecule has 1 rings (SSSR count). The molecule has 7 heteroatoms.